The Labute approximate surface area is 108 Å². The average Bonchev–Trinajstić information content (AvgIpc) is 2.85. The number of thioether (sulfide) groups is 1. The number of aromatic nitrogens is 2. The van der Waals surface area contributed by atoms with Crippen molar-refractivity contribution in [2.24, 2.45) is 0 Å². The van der Waals surface area contributed by atoms with E-state index in [-0.39, 0.29) is 5.56 Å². The lowest BCUT2D eigenvalue weighted by Gasteiger charge is -2.00. The monoisotopic (exact) mass is 314 g/mol. The van der Waals surface area contributed by atoms with Crippen LogP contribution in [0.25, 0.3) is 10.7 Å². The first kappa shape index (κ1) is 10.6. The Balaban J connectivity index is 2.16. The predicted molar refractivity (Wildman–Crippen MR) is 70.9 cm³/mol. The molecule has 1 aliphatic heterocycles. The van der Waals surface area contributed by atoms with Crippen LogP contribution in [0.1, 0.15) is 11.3 Å². The number of halogens is 1. The molecule has 2 aromatic rings. The molecule has 0 saturated carbocycles. The van der Waals surface area contributed by atoms with Gasteiger partial charge in [-0.1, -0.05) is 0 Å². The van der Waals surface area contributed by atoms with Crippen molar-refractivity contribution in [3.8, 4) is 10.7 Å². The van der Waals surface area contributed by atoms with Crippen LogP contribution in [0.3, 0.4) is 0 Å². The lowest BCUT2D eigenvalue weighted by atomic mass is 10.2. The van der Waals surface area contributed by atoms with E-state index in [1.807, 2.05) is 11.4 Å². The Bertz CT molecular complexity index is 605. The van der Waals surface area contributed by atoms with E-state index < -0.39 is 0 Å². The zero-order valence-electron chi connectivity index (χ0n) is 8.12. The number of H-pyrrole nitrogens is 1. The van der Waals surface area contributed by atoms with E-state index >= 15 is 0 Å². The molecule has 0 fully saturated rings. The van der Waals surface area contributed by atoms with E-state index in [1.165, 1.54) is 0 Å². The topological polar surface area (TPSA) is 45.8 Å². The summed E-state index contributed by atoms with van der Waals surface area (Å²) < 4.78 is 1.02. The van der Waals surface area contributed by atoms with Gasteiger partial charge in [-0.05, 0) is 22.0 Å². The number of hydrogen-bond donors (Lipinski definition) is 1. The second-order valence-electron chi connectivity index (χ2n) is 3.46. The SMILES string of the molecule is O=c1[nH]c(-c2cc(Br)cs2)nc2c1CSC2. The van der Waals surface area contributed by atoms with Crippen molar-refractivity contribution in [2.75, 3.05) is 0 Å². The molecule has 0 atom stereocenters. The number of thiophene rings is 1. The number of hydrogen-bond acceptors (Lipinski definition) is 4. The summed E-state index contributed by atoms with van der Waals surface area (Å²) in [6.45, 7) is 0. The van der Waals surface area contributed by atoms with Crippen molar-refractivity contribution in [3.05, 3.63) is 37.5 Å². The summed E-state index contributed by atoms with van der Waals surface area (Å²) in [5.41, 5.74) is 1.78. The van der Waals surface area contributed by atoms with Crippen molar-refractivity contribution in [3.63, 3.8) is 0 Å². The summed E-state index contributed by atoms with van der Waals surface area (Å²) in [7, 11) is 0. The van der Waals surface area contributed by atoms with Gasteiger partial charge in [0.1, 0.15) is 0 Å². The zero-order chi connectivity index (χ0) is 11.1. The minimum absolute atomic E-state index is 0.00882. The van der Waals surface area contributed by atoms with Gasteiger partial charge in [0.05, 0.1) is 10.6 Å². The van der Waals surface area contributed by atoms with Crippen LogP contribution in [-0.2, 0) is 11.5 Å². The first-order chi connectivity index (χ1) is 7.74. The van der Waals surface area contributed by atoms with Gasteiger partial charge in [-0.3, -0.25) is 4.79 Å². The molecule has 0 unspecified atom stereocenters. The minimum atomic E-state index is 0.00882. The van der Waals surface area contributed by atoms with Crippen LogP contribution in [0, 0.1) is 0 Å². The highest BCUT2D eigenvalue weighted by Gasteiger charge is 2.18. The lowest BCUT2D eigenvalue weighted by molar-refractivity contribution is 1.04. The third kappa shape index (κ3) is 1.74. The fourth-order valence-electron chi connectivity index (χ4n) is 1.62. The number of aromatic amines is 1. The van der Waals surface area contributed by atoms with Gasteiger partial charge in [-0.15, -0.1) is 11.3 Å². The van der Waals surface area contributed by atoms with Gasteiger partial charge in [0.2, 0.25) is 0 Å². The van der Waals surface area contributed by atoms with Crippen molar-refractivity contribution in [1.29, 1.82) is 0 Å². The maximum atomic E-state index is 11.8. The molecule has 0 amide bonds. The molecule has 0 spiro atoms. The molecule has 0 saturated heterocycles. The number of rotatable bonds is 1. The van der Waals surface area contributed by atoms with E-state index in [0.29, 0.717) is 5.82 Å². The van der Waals surface area contributed by atoms with Crippen LogP contribution in [0.15, 0.2) is 20.7 Å². The van der Waals surface area contributed by atoms with Gasteiger partial charge in [0.25, 0.3) is 5.56 Å². The first-order valence-electron chi connectivity index (χ1n) is 4.68. The lowest BCUT2D eigenvalue weighted by Crippen LogP contribution is -2.14. The summed E-state index contributed by atoms with van der Waals surface area (Å²) in [4.78, 5) is 20.1. The first-order valence-corrected chi connectivity index (χ1v) is 7.51. The zero-order valence-corrected chi connectivity index (χ0v) is 11.3. The fraction of sp³-hybridized carbons (Fsp3) is 0.200. The van der Waals surface area contributed by atoms with E-state index in [4.69, 9.17) is 0 Å². The molecule has 16 heavy (non-hydrogen) atoms. The Morgan fingerprint density at radius 2 is 2.31 bits per heavy atom. The highest BCUT2D eigenvalue weighted by Crippen LogP contribution is 2.30. The predicted octanol–water partition coefficient (Wildman–Crippen LogP) is 3.01. The van der Waals surface area contributed by atoms with Crippen molar-refractivity contribution >= 4 is 39.0 Å². The van der Waals surface area contributed by atoms with Crippen LogP contribution >= 0.6 is 39.0 Å². The largest absolute Gasteiger partial charge is 0.306 e. The van der Waals surface area contributed by atoms with E-state index in [1.54, 1.807) is 23.1 Å². The molecule has 0 aliphatic carbocycles. The summed E-state index contributed by atoms with van der Waals surface area (Å²) >= 11 is 6.71. The highest BCUT2D eigenvalue weighted by atomic mass is 79.9. The van der Waals surface area contributed by atoms with Gasteiger partial charge in [-0.25, -0.2) is 4.98 Å². The minimum Gasteiger partial charge on any atom is -0.306 e. The maximum absolute atomic E-state index is 11.8. The quantitative estimate of drug-likeness (QED) is 0.880. The van der Waals surface area contributed by atoms with Gasteiger partial charge in [-0.2, -0.15) is 11.8 Å². The third-order valence-electron chi connectivity index (χ3n) is 2.39. The molecular weight excluding hydrogens is 308 g/mol. The van der Waals surface area contributed by atoms with Crippen LogP contribution in [0.5, 0.6) is 0 Å². The van der Waals surface area contributed by atoms with Gasteiger partial charge < -0.3 is 4.98 Å². The molecule has 0 bridgehead atoms. The number of nitrogens with zero attached hydrogens (tertiary/aromatic N) is 1. The summed E-state index contributed by atoms with van der Waals surface area (Å²) in [6, 6.07) is 1.97. The molecule has 2 aromatic heterocycles. The summed E-state index contributed by atoms with van der Waals surface area (Å²) in [6.07, 6.45) is 0. The molecule has 3 rings (SSSR count). The number of nitrogens with one attached hydrogen (secondary N) is 1. The van der Waals surface area contributed by atoms with Crippen LogP contribution < -0.4 is 5.56 Å². The van der Waals surface area contributed by atoms with Crippen molar-refractivity contribution in [1.82, 2.24) is 9.97 Å². The van der Waals surface area contributed by atoms with Gasteiger partial charge >= 0.3 is 0 Å². The Hall–Kier alpha value is -0.590. The average molecular weight is 315 g/mol. The standard InChI is InChI=1S/C10H7BrN2OS2/c11-5-1-8(16-2-5)9-12-7-4-15-3-6(7)10(14)13-9/h1-2H,3-4H2,(H,12,13,14). The Kier molecular flexibility index (Phi) is 2.65. The Morgan fingerprint density at radius 3 is 3.06 bits per heavy atom. The molecule has 3 heterocycles. The molecule has 82 valence electrons. The molecule has 1 aliphatic rings. The fourth-order valence-corrected chi connectivity index (χ4v) is 4.02. The van der Waals surface area contributed by atoms with Gasteiger partial charge in [0.15, 0.2) is 5.82 Å². The molecular formula is C10H7BrN2OS2. The normalized spacial score (nSPS) is 14.1. The summed E-state index contributed by atoms with van der Waals surface area (Å²) in [5, 5.41) is 1.98. The van der Waals surface area contributed by atoms with E-state index in [0.717, 1.165) is 32.1 Å². The smallest absolute Gasteiger partial charge is 0.255 e. The van der Waals surface area contributed by atoms with Crippen LogP contribution in [0.2, 0.25) is 0 Å². The van der Waals surface area contributed by atoms with Crippen molar-refractivity contribution in [2.45, 2.75) is 11.5 Å². The Morgan fingerprint density at radius 1 is 1.44 bits per heavy atom. The van der Waals surface area contributed by atoms with Crippen LogP contribution in [0.4, 0.5) is 0 Å². The molecule has 0 radical (unpaired) electrons. The van der Waals surface area contributed by atoms with E-state index in [2.05, 4.69) is 25.9 Å². The highest BCUT2D eigenvalue weighted by molar-refractivity contribution is 9.10. The molecule has 6 heteroatoms. The maximum Gasteiger partial charge on any atom is 0.255 e. The summed E-state index contributed by atoms with van der Waals surface area (Å²) in [5.74, 6) is 2.31. The second kappa shape index (κ2) is 4.01. The van der Waals surface area contributed by atoms with Crippen molar-refractivity contribution < 1.29 is 0 Å². The molecule has 0 aromatic carbocycles. The van der Waals surface area contributed by atoms with Gasteiger partial charge in [0, 0.05) is 26.9 Å². The number of fused-ring (bicyclic) bond motifs is 1. The second-order valence-corrected chi connectivity index (χ2v) is 6.27. The molecule has 1 N–H and O–H groups in total. The molecule has 3 nitrogen and oxygen atoms in total. The van der Waals surface area contributed by atoms with Crippen LogP contribution in [-0.4, -0.2) is 9.97 Å². The van der Waals surface area contributed by atoms with E-state index in [9.17, 15) is 4.79 Å². The third-order valence-corrected chi connectivity index (χ3v) is 5.06.